The van der Waals surface area contributed by atoms with Crippen molar-refractivity contribution in [2.75, 3.05) is 7.11 Å². The second-order valence-corrected chi connectivity index (χ2v) is 5.41. The highest BCUT2D eigenvalue weighted by molar-refractivity contribution is 5.46. The van der Waals surface area contributed by atoms with Crippen LogP contribution in [0.2, 0.25) is 0 Å². The maximum absolute atomic E-state index is 6.04. The number of benzene rings is 2. The maximum atomic E-state index is 6.04. The number of furan rings is 1. The summed E-state index contributed by atoms with van der Waals surface area (Å²) in [4.78, 5) is 0. The molecule has 0 saturated heterocycles. The zero-order valence-electron chi connectivity index (χ0n) is 13.7. The predicted octanol–water partition coefficient (Wildman–Crippen LogP) is 4.16. The number of hydrogen-bond acceptors (Lipinski definition) is 4. The minimum absolute atomic E-state index is 0.506. The highest BCUT2D eigenvalue weighted by Gasteiger charge is 2.11. The third-order valence-electron chi connectivity index (χ3n) is 3.70. The Morgan fingerprint density at radius 1 is 0.917 bits per heavy atom. The number of para-hydroxylation sites is 1. The van der Waals surface area contributed by atoms with Crippen LogP contribution in [-0.4, -0.2) is 7.11 Å². The summed E-state index contributed by atoms with van der Waals surface area (Å²) in [7, 11) is 1.66. The molecule has 0 aliphatic rings. The Kier molecular flexibility index (Phi) is 5.53. The number of rotatable bonds is 8. The molecule has 0 aliphatic heterocycles. The lowest BCUT2D eigenvalue weighted by atomic mass is 10.1. The van der Waals surface area contributed by atoms with Crippen molar-refractivity contribution in [3.05, 3.63) is 83.8 Å². The Morgan fingerprint density at radius 3 is 2.54 bits per heavy atom. The molecule has 24 heavy (non-hydrogen) atoms. The van der Waals surface area contributed by atoms with Gasteiger partial charge in [0.1, 0.15) is 12.4 Å². The van der Waals surface area contributed by atoms with E-state index < -0.39 is 0 Å². The van der Waals surface area contributed by atoms with Gasteiger partial charge in [0.15, 0.2) is 11.5 Å². The van der Waals surface area contributed by atoms with E-state index in [1.54, 1.807) is 13.4 Å². The van der Waals surface area contributed by atoms with Gasteiger partial charge in [-0.2, -0.15) is 0 Å². The third kappa shape index (κ3) is 4.18. The molecule has 0 radical (unpaired) electrons. The summed E-state index contributed by atoms with van der Waals surface area (Å²) < 4.78 is 16.8. The van der Waals surface area contributed by atoms with E-state index in [1.165, 1.54) is 0 Å². The first-order valence-electron chi connectivity index (χ1n) is 7.92. The molecular weight excluding hydrogens is 302 g/mol. The van der Waals surface area contributed by atoms with Gasteiger partial charge in [-0.15, -0.1) is 0 Å². The van der Waals surface area contributed by atoms with Gasteiger partial charge >= 0.3 is 0 Å². The molecule has 3 aromatic rings. The van der Waals surface area contributed by atoms with E-state index in [1.807, 2.05) is 60.7 Å². The van der Waals surface area contributed by atoms with Crippen LogP contribution in [0.25, 0.3) is 0 Å². The Morgan fingerprint density at radius 2 is 1.79 bits per heavy atom. The molecule has 0 unspecified atom stereocenters. The van der Waals surface area contributed by atoms with Crippen LogP contribution in [0.15, 0.2) is 71.3 Å². The van der Waals surface area contributed by atoms with E-state index in [0.29, 0.717) is 19.7 Å². The molecular formula is C20H21NO3. The molecule has 0 fully saturated rings. The molecule has 0 spiro atoms. The number of methoxy groups -OCH3 is 1. The molecule has 124 valence electrons. The van der Waals surface area contributed by atoms with Crippen LogP contribution in [0.3, 0.4) is 0 Å². The average Bonchev–Trinajstić information content (AvgIpc) is 3.14. The largest absolute Gasteiger partial charge is 0.493 e. The fourth-order valence-electron chi connectivity index (χ4n) is 2.49. The summed E-state index contributed by atoms with van der Waals surface area (Å²) in [5.74, 6) is 2.42. The summed E-state index contributed by atoms with van der Waals surface area (Å²) >= 11 is 0. The third-order valence-corrected chi connectivity index (χ3v) is 3.70. The van der Waals surface area contributed by atoms with E-state index in [0.717, 1.165) is 28.4 Å². The van der Waals surface area contributed by atoms with Crippen molar-refractivity contribution in [1.82, 2.24) is 5.32 Å². The Bertz CT molecular complexity index is 739. The topological polar surface area (TPSA) is 43.6 Å². The van der Waals surface area contributed by atoms with Crippen LogP contribution in [0.5, 0.6) is 11.5 Å². The molecule has 4 nitrogen and oxygen atoms in total. The van der Waals surface area contributed by atoms with E-state index in [9.17, 15) is 0 Å². The van der Waals surface area contributed by atoms with Crippen molar-refractivity contribution >= 4 is 0 Å². The van der Waals surface area contributed by atoms with Crippen molar-refractivity contribution in [3.63, 3.8) is 0 Å². The van der Waals surface area contributed by atoms with Gasteiger partial charge in [0.2, 0.25) is 0 Å². The SMILES string of the molecule is COc1cccc(CNCc2ccco2)c1OCc1ccccc1. The molecule has 0 bridgehead atoms. The van der Waals surface area contributed by atoms with Crippen LogP contribution < -0.4 is 14.8 Å². The first-order chi connectivity index (χ1) is 11.9. The molecule has 1 aromatic heterocycles. The van der Waals surface area contributed by atoms with Crippen molar-refractivity contribution in [3.8, 4) is 11.5 Å². The smallest absolute Gasteiger partial charge is 0.166 e. The molecule has 0 aliphatic carbocycles. The fourth-order valence-corrected chi connectivity index (χ4v) is 2.49. The summed E-state index contributed by atoms with van der Waals surface area (Å²) in [5, 5.41) is 3.36. The van der Waals surface area contributed by atoms with Gasteiger partial charge in [0.25, 0.3) is 0 Å². The quantitative estimate of drug-likeness (QED) is 0.676. The number of hydrogen-bond donors (Lipinski definition) is 1. The van der Waals surface area contributed by atoms with Gasteiger partial charge in [-0.25, -0.2) is 0 Å². The van der Waals surface area contributed by atoms with Gasteiger partial charge in [-0.1, -0.05) is 42.5 Å². The Hall–Kier alpha value is -2.72. The normalized spacial score (nSPS) is 10.5. The molecule has 0 amide bonds. The second kappa shape index (κ2) is 8.22. The number of ether oxygens (including phenoxy) is 2. The zero-order valence-corrected chi connectivity index (χ0v) is 13.7. The first kappa shape index (κ1) is 16.1. The molecule has 1 N–H and O–H groups in total. The zero-order chi connectivity index (χ0) is 16.6. The average molecular weight is 323 g/mol. The molecule has 3 rings (SSSR count). The summed E-state index contributed by atoms with van der Waals surface area (Å²) in [6, 6.07) is 19.9. The summed E-state index contributed by atoms with van der Waals surface area (Å²) in [5.41, 5.74) is 2.18. The lowest BCUT2D eigenvalue weighted by Gasteiger charge is -2.15. The van der Waals surface area contributed by atoms with Gasteiger partial charge in [-0.05, 0) is 23.8 Å². The minimum Gasteiger partial charge on any atom is -0.493 e. The Labute approximate surface area is 142 Å². The maximum Gasteiger partial charge on any atom is 0.166 e. The molecule has 0 atom stereocenters. The lowest BCUT2D eigenvalue weighted by Crippen LogP contribution is -2.13. The van der Waals surface area contributed by atoms with Crippen molar-refractivity contribution in [2.45, 2.75) is 19.7 Å². The van der Waals surface area contributed by atoms with Crippen LogP contribution in [-0.2, 0) is 19.7 Å². The molecule has 1 heterocycles. The van der Waals surface area contributed by atoms with Crippen molar-refractivity contribution < 1.29 is 13.9 Å². The highest BCUT2D eigenvalue weighted by atomic mass is 16.5. The van der Waals surface area contributed by atoms with Crippen molar-refractivity contribution in [2.24, 2.45) is 0 Å². The first-order valence-corrected chi connectivity index (χ1v) is 7.92. The van der Waals surface area contributed by atoms with Crippen LogP contribution in [0.1, 0.15) is 16.9 Å². The van der Waals surface area contributed by atoms with E-state index in [4.69, 9.17) is 13.9 Å². The van der Waals surface area contributed by atoms with Crippen LogP contribution in [0.4, 0.5) is 0 Å². The van der Waals surface area contributed by atoms with E-state index >= 15 is 0 Å². The van der Waals surface area contributed by atoms with Crippen LogP contribution >= 0.6 is 0 Å². The van der Waals surface area contributed by atoms with E-state index in [-0.39, 0.29) is 0 Å². The predicted molar refractivity (Wildman–Crippen MR) is 93.0 cm³/mol. The van der Waals surface area contributed by atoms with Gasteiger partial charge in [-0.3, -0.25) is 0 Å². The highest BCUT2D eigenvalue weighted by Crippen LogP contribution is 2.31. The minimum atomic E-state index is 0.506. The summed E-state index contributed by atoms with van der Waals surface area (Å²) in [6.07, 6.45) is 1.68. The van der Waals surface area contributed by atoms with Crippen molar-refractivity contribution in [1.29, 1.82) is 0 Å². The second-order valence-electron chi connectivity index (χ2n) is 5.41. The summed E-state index contributed by atoms with van der Waals surface area (Å²) in [6.45, 7) is 1.84. The van der Waals surface area contributed by atoms with Gasteiger partial charge in [0.05, 0.1) is 19.9 Å². The van der Waals surface area contributed by atoms with E-state index in [2.05, 4.69) is 5.32 Å². The fraction of sp³-hybridized carbons (Fsp3) is 0.200. The molecule has 2 aromatic carbocycles. The standard InChI is InChI=1S/C20H21NO3/c1-22-19-11-5-9-17(13-21-14-18-10-6-12-23-18)20(19)24-15-16-7-3-2-4-8-16/h2-12,21H,13-15H2,1H3. The van der Waals surface area contributed by atoms with Crippen LogP contribution in [0, 0.1) is 0 Å². The van der Waals surface area contributed by atoms with Gasteiger partial charge < -0.3 is 19.2 Å². The lowest BCUT2D eigenvalue weighted by molar-refractivity contribution is 0.280. The van der Waals surface area contributed by atoms with Gasteiger partial charge in [0, 0.05) is 12.1 Å². The Balaban J connectivity index is 1.68. The molecule has 0 saturated carbocycles. The number of nitrogens with one attached hydrogen (secondary N) is 1. The monoisotopic (exact) mass is 323 g/mol. The molecule has 4 heteroatoms.